The molecule has 2 aliphatic heterocycles. The van der Waals surface area contributed by atoms with Gasteiger partial charge in [-0.25, -0.2) is 8.42 Å². The number of benzene rings is 1. The first kappa shape index (κ1) is 16.9. The van der Waals surface area contributed by atoms with Crippen molar-refractivity contribution in [2.24, 2.45) is 5.92 Å². The Labute approximate surface area is 141 Å². The molecule has 0 saturated carbocycles. The Balaban J connectivity index is 1.51. The van der Waals surface area contributed by atoms with Crippen LogP contribution >= 0.6 is 0 Å². The van der Waals surface area contributed by atoms with Crippen LogP contribution in [-0.4, -0.2) is 61.4 Å². The van der Waals surface area contributed by atoms with E-state index >= 15 is 0 Å². The van der Waals surface area contributed by atoms with Crippen LogP contribution in [-0.2, 0) is 26.2 Å². The van der Waals surface area contributed by atoms with Crippen molar-refractivity contribution in [3.63, 3.8) is 0 Å². The molecule has 1 aromatic carbocycles. The number of carbonyl (C=O) groups is 2. The summed E-state index contributed by atoms with van der Waals surface area (Å²) in [4.78, 5) is 26.0. The molecule has 1 N–H and O–H groups in total. The highest BCUT2D eigenvalue weighted by atomic mass is 32.2. The van der Waals surface area contributed by atoms with Crippen molar-refractivity contribution in [2.45, 2.75) is 19.0 Å². The van der Waals surface area contributed by atoms with Gasteiger partial charge in [0.05, 0.1) is 18.2 Å². The monoisotopic (exact) mass is 351 g/mol. The molecule has 2 heterocycles. The van der Waals surface area contributed by atoms with Crippen LogP contribution in [0.3, 0.4) is 0 Å². The Hall–Kier alpha value is -1.93. The summed E-state index contributed by atoms with van der Waals surface area (Å²) in [5.74, 6) is -0.574. The van der Waals surface area contributed by atoms with Crippen molar-refractivity contribution in [3.8, 4) is 0 Å². The van der Waals surface area contributed by atoms with Crippen molar-refractivity contribution < 1.29 is 18.0 Å². The number of nitrogens with one attached hydrogen (secondary N) is 1. The van der Waals surface area contributed by atoms with E-state index in [-0.39, 0.29) is 30.2 Å². The lowest BCUT2D eigenvalue weighted by molar-refractivity contribution is -0.132. The zero-order chi connectivity index (χ0) is 17.3. The second-order valence-electron chi connectivity index (χ2n) is 6.38. The number of hydrogen-bond donors (Lipinski definition) is 1. The Kier molecular flexibility index (Phi) is 4.60. The van der Waals surface area contributed by atoms with Gasteiger partial charge >= 0.3 is 0 Å². The van der Waals surface area contributed by atoms with E-state index in [4.69, 9.17) is 0 Å². The van der Waals surface area contributed by atoms with Crippen molar-refractivity contribution in [1.29, 1.82) is 0 Å². The van der Waals surface area contributed by atoms with Crippen LogP contribution in [0.1, 0.15) is 12.0 Å². The minimum atomic E-state index is -3.20. The third-order valence-electron chi connectivity index (χ3n) is 4.58. The van der Waals surface area contributed by atoms with E-state index in [9.17, 15) is 18.0 Å². The number of likely N-dealkylation sites (tertiary alicyclic amines) is 1. The molecule has 2 saturated heterocycles. The smallest absolute Gasteiger partial charge is 0.225 e. The van der Waals surface area contributed by atoms with E-state index in [0.717, 1.165) is 11.8 Å². The van der Waals surface area contributed by atoms with E-state index in [1.54, 1.807) is 4.90 Å². The van der Waals surface area contributed by atoms with Crippen LogP contribution in [0.25, 0.3) is 0 Å². The SMILES string of the molecule is CS(=O)(=O)N1CC(N2CC(C(=O)NCc3ccccc3)CC2=O)C1. The maximum atomic E-state index is 12.3. The number of hydrogen-bond acceptors (Lipinski definition) is 4. The van der Waals surface area contributed by atoms with E-state index in [1.807, 2.05) is 30.3 Å². The molecule has 130 valence electrons. The summed E-state index contributed by atoms with van der Waals surface area (Å²) < 4.78 is 24.2. The number of rotatable bonds is 5. The third-order valence-corrected chi connectivity index (χ3v) is 5.81. The first-order valence-corrected chi connectivity index (χ1v) is 9.75. The molecule has 1 unspecified atom stereocenters. The number of carbonyl (C=O) groups excluding carboxylic acids is 2. The van der Waals surface area contributed by atoms with E-state index in [2.05, 4.69) is 5.32 Å². The molecule has 0 aliphatic carbocycles. The minimum Gasteiger partial charge on any atom is -0.352 e. The van der Waals surface area contributed by atoms with Crippen molar-refractivity contribution in [2.75, 3.05) is 25.9 Å². The zero-order valence-electron chi connectivity index (χ0n) is 13.5. The summed E-state index contributed by atoms with van der Waals surface area (Å²) in [6.45, 7) is 1.45. The molecule has 24 heavy (non-hydrogen) atoms. The minimum absolute atomic E-state index is 0.0759. The predicted molar refractivity (Wildman–Crippen MR) is 88.3 cm³/mol. The van der Waals surface area contributed by atoms with Crippen LogP contribution in [0.2, 0.25) is 0 Å². The average molecular weight is 351 g/mol. The summed E-state index contributed by atoms with van der Waals surface area (Å²) in [6, 6.07) is 9.48. The molecule has 2 amide bonds. The highest BCUT2D eigenvalue weighted by molar-refractivity contribution is 7.88. The lowest BCUT2D eigenvalue weighted by atomic mass is 10.1. The van der Waals surface area contributed by atoms with Gasteiger partial charge in [-0.2, -0.15) is 4.31 Å². The van der Waals surface area contributed by atoms with Gasteiger partial charge in [0.1, 0.15) is 0 Å². The van der Waals surface area contributed by atoms with Gasteiger partial charge in [0.25, 0.3) is 0 Å². The number of amides is 2. The maximum Gasteiger partial charge on any atom is 0.225 e. The summed E-state index contributed by atoms with van der Waals surface area (Å²) in [5.41, 5.74) is 1.01. The molecule has 3 rings (SSSR count). The number of nitrogens with zero attached hydrogens (tertiary/aromatic N) is 2. The molecule has 2 aliphatic rings. The standard InChI is InChI=1S/C16H21N3O4S/c1-24(22,23)18-10-14(11-18)19-9-13(7-15(19)20)16(21)17-8-12-5-3-2-4-6-12/h2-6,13-14H,7-11H2,1H3,(H,17,21). The first-order valence-electron chi connectivity index (χ1n) is 7.91. The summed E-state index contributed by atoms with van der Waals surface area (Å²) in [6.07, 6.45) is 1.35. The van der Waals surface area contributed by atoms with Crippen LogP contribution < -0.4 is 5.32 Å². The molecule has 7 nitrogen and oxygen atoms in total. The molecule has 2 fully saturated rings. The van der Waals surface area contributed by atoms with Gasteiger partial charge in [-0.3, -0.25) is 9.59 Å². The molecule has 0 radical (unpaired) electrons. The van der Waals surface area contributed by atoms with E-state index in [0.29, 0.717) is 26.2 Å². The van der Waals surface area contributed by atoms with Gasteiger partial charge < -0.3 is 10.2 Å². The average Bonchev–Trinajstić information content (AvgIpc) is 2.85. The van der Waals surface area contributed by atoms with Gasteiger partial charge in [0, 0.05) is 32.6 Å². The summed E-state index contributed by atoms with van der Waals surface area (Å²) in [5, 5.41) is 2.87. The fourth-order valence-corrected chi connectivity index (χ4v) is 3.96. The molecule has 1 aromatic rings. The molecular formula is C16H21N3O4S. The fraction of sp³-hybridized carbons (Fsp3) is 0.500. The molecule has 8 heteroatoms. The van der Waals surface area contributed by atoms with Crippen molar-refractivity contribution >= 4 is 21.8 Å². The second-order valence-corrected chi connectivity index (χ2v) is 8.37. The highest BCUT2D eigenvalue weighted by Crippen LogP contribution is 2.26. The Morgan fingerprint density at radius 3 is 2.50 bits per heavy atom. The number of sulfonamides is 1. The van der Waals surface area contributed by atoms with Gasteiger partial charge in [-0.1, -0.05) is 30.3 Å². The quantitative estimate of drug-likeness (QED) is 0.796. The van der Waals surface area contributed by atoms with Crippen molar-refractivity contribution in [3.05, 3.63) is 35.9 Å². The summed E-state index contributed by atoms with van der Waals surface area (Å²) in [7, 11) is -3.20. The Morgan fingerprint density at radius 1 is 1.21 bits per heavy atom. The molecular weight excluding hydrogens is 330 g/mol. The van der Waals surface area contributed by atoms with Gasteiger partial charge in [-0.05, 0) is 5.56 Å². The Bertz CT molecular complexity index is 729. The Morgan fingerprint density at radius 2 is 1.88 bits per heavy atom. The largest absolute Gasteiger partial charge is 0.352 e. The van der Waals surface area contributed by atoms with Crippen LogP contribution in [0.15, 0.2) is 30.3 Å². The summed E-state index contributed by atoms with van der Waals surface area (Å²) >= 11 is 0. The molecule has 0 aromatic heterocycles. The first-order chi connectivity index (χ1) is 11.3. The van der Waals surface area contributed by atoms with Gasteiger partial charge in [0.15, 0.2) is 0 Å². The molecule has 0 spiro atoms. The van der Waals surface area contributed by atoms with Crippen LogP contribution in [0.5, 0.6) is 0 Å². The van der Waals surface area contributed by atoms with Crippen LogP contribution in [0, 0.1) is 5.92 Å². The van der Waals surface area contributed by atoms with Gasteiger partial charge in [0.2, 0.25) is 21.8 Å². The van der Waals surface area contributed by atoms with Crippen LogP contribution in [0.4, 0.5) is 0 Å². The van der Waals surface area contributed by atoms with E-state index < -0.39 is 10.0 Å². The fourth-order valence-electron chi connectivity index (χ4n) is 3.07. The van der Waals surface area contributed by atoms with Crippen molar-refractivity contribution in [1.82, 2.24) is 14.5 Å². The zero-order valence-corrected chi connectivity index (χ0v) is 14.3. The molecule has 0 bridgehead atoms. The topological polar surface area (TPSA) is 86.8 Å². The lowest BCUT2D eigenvalue weighted by Gasteiger charge is -2.42. The predicted octanol–water partition coefficient (Wildman–Crippen LogP) is -0.205. The second kappa shape index (κ2) is 6.52. The highest BCUT2D eigenvalue weighted by Gasteiger charge is 2.44. The third kappa shape index (κ3) is 3.59. The van der Waals surface area contributed by atoms with E-state index in [1.165, 1.54) is 4.31 Å². The normalized spacial score (nSPS) is 22.5. The lowest BCUT2D eigenvalue weighted by Crippen LogP contribution is -2.61. The maximum absolute atomic E-state index is 12.3. The molecule has 1 atom stereocenters. The van der Waals surface area contributed by atoms with Gasteiger partial charge in [-0.15, -0.1) is 0 Å².